The largest absolute Gasteiger partial charge is 0.536 e. The summed E-state index contributed by atoms with van der Waals surface area (Å²) in [7, 11) is 0. The molecular formula is C20H10N4S3. The van der Waals surface area contributed by atoms with Gasteiger partial charge in [-0.25, -0.2) is 0 Å². The minimum Gasteiger partial charge on any atom is -0.192 e. The Morgan fingerprint density at radius 3 is 1.78 bits per heavy atom. The van der Waals surface area contributed by atoms with Crippen LogP contribution in [0.1, 0.15) is 11.1 Å². The van der Waals surface area contributed by atoms with Crippen LogP contribution >= 0.6 is 34.0 Å². The Balaban J connectivity index is 2.47. The average Bonchev–Trinajstić information content (AvgIpc) is 3.39. The molecule has 0 aromatic carbocycles. The molecule has 0 spiro atoms. The number of nitrogens with zero attached hydrogens (tertiary/aromatic N) is 4. The Labute approximate surface area is 167 Å². The van der Waals surface area contributed by atoms with E-state index in [0.717, 1.165) is 29.3 Å². The maximum atomic E-state index is 9.06. The van der Waals surface area contributed by atoms with Gasteiger partial charge in [-0.1, -0.05) is 0 Å². The minimum atomic E-state index is 0.0939. The highest BCUT2D eigenvalue weighted by Gasteiger charge is 2.08. The minimum absolute atomic E-state index is 0.0939. The second kappa shape index (κ2) is 7.58. The Kier molecular flexibility index (Phi) is 5.22. The first-order chi connectivity index (χ1) is 13.0. The number of hydrogen-bond donors (Lipinski definition) is 0. The Morgan fingerprint density at radius 1 is 0.815 bits per heavy atom. The zero-order valence-electron chi connectivity index (χ0n) is 14.3. The lowest BCUT2D eigenvalue weighted by molar-refractivity contribution is 1.35. The Hall–Kier alpha value is -3.20. The molecule has 3 rings (SSSR count). The van der Waals surface area contributed by atoms with E-state index < -0.39 is 0 Å². The first kappa shape index (κ1) is 18.6. The molecule has 7 heteroatoms. The van der Waals surface area contributed by atoms with Crippen LogP contribution in [0.4, 0.5) is 0 Å². The molecule has 0 saturated heterocycles. The van der Waals surface area contributed by atoms with Crippen molar-refractivity contribution in [1.29, 1.82) is 10.5 Å². The van der Waals surface area contributed by atoms with Gasteiger partial charge in [-0.05, 0) is 49.2 Å². The van der Waals surface area contributed by atoms with Crippen molar-refractivity contribution in [1.82, 2.24) is 0 Å². The van der Waals surface area contributed by atoms with Crippen molar-refractivity contribution in [3.8, 4) is 12.1 Å². The number of nitriles is 2. The van der Waals surface area contributed by atoms with Crippen LogP contribution in [0.3, 0.4) is 0 Å². The number of thiophene rings is 3. The molecule has 27 heavy (non-hydrogen) atoms. The molecule has 3 heterocycles. The molecule has 0 aliphatic heterocycles. The third kappa shape index (κ3) is 3.28. The molecule has 128 valence electrons. The van der Waals surface area contributed by atoms with Gasteiger partial charge in [-0.2, -0.15) is 20.2 Å². The van der Waals surface area contributed by atoms with Gasteiger partial charge in [0, 0.05) is 18.1 Å². The van der Waals surface area contributed by atoms with Crippen LogP contribution in [0.15, 0.2) is 24.3 Å². The second-order valence-electron chi connectivity index (χ2n) is 5.48. The first-order valence-electron chi connectivity index (χ1n) is 7.64. The van der Waals surface area contributed by atoms with Crippen LogP contribution in [0.5, 0.6) is 0 Å². The Bertz CT molecular complexity index is 1390. The number of hydrogen-bond acceptors (Lipinski definition) is 5. The molecule has 4 nitrogen and oxygen atoms in total. The lowest BCUT2D eigenvalue weighted by Crippen LogP contribution is -1.94. The van der Waals surface area contributed by atoms with E-state index >= 15 is 0 Å². The second-order valence-corrected chi connectivity index (χ2v) is 8.67. The van der Waals surface area contributed by atoms with Gasteiger partial charge in [0.1, 0.15) is 35.4 Å². The van der Waals surface area contributed by atoms with E-state index in [4.69, 9.17) is 23.7 Å². The van der Waals surface area contributed by atoms with Gasteiger partial charge >= 0.3 is 5.82 Å². The van der Waals surface area contributed by atoms with Crippen molar-refractivity contribution in [2.75, 3.05) is 0 Å². The summed E-state index contributed by atoms with van der Waals surface area (Å²) in [4.78, 5) is 6.57. The predicted molar refractivity (Wildman–Crippen MR) is 108 cm³/mol. The third-order valence-corrected chi connectivity index (χ3v) is 7.95. The van der Waals surface area contributed by atoms with Gasteiger partial charge in [-0.3, -0.25) is 0 Å². The topological polar surface area (TPSA) is 56.3 Å². The molecule has 0 radical (unpaired) electrons. The third-order valence-electron chi connectivity index (χ3n) is 4.01. The molecule has 0 saturated carbocycles. The van der Waals surface area contributed by atoms with Crippen LogP contribution in [0.2, 0.25) is 0 Å². The van der Waals surface area contributed by atoms with Crippen molar-refractivity contribution in [2.45, 2.75) is 13.8 Å². The summed E-state index contributed by atoms with van der Waals surface area (Å²) in [6.45, 7) is 18.3. The van der Waals surface area contributed by atoms with E-state index in [1.54, 1.807) is 11.3 Å². The van der Waals surface area contributed by atoms with E-state index in [1.165, 1.54) is 22.7 Å². The maximum Gasteiger partial charge on any atom is 0.536 e. The molecule has 0 N–H and O–H groups in total. The highest BCUT2D eigenvalue weighted by Crippen LogP contribution is 2.22. The van der Waals surface area contributed by atoms with Gasteiger partial charge in [0.05, 0.1) is 4.53 Å². The maximum absolute atomic E-state index is 9.06. The fourth-order valence-corrected chi connectivity index (χ4v) is 6.05. The smallest absolute Gasteiger partial charge is 0.192 e. The van der Waals surface area contributed by atoms with Crippen molar-refractivity contribution < 1.29 is 0 Å². The van der Waals surface area contributed by atoms with Gasteiger partial charge in [0.2, 0.25) is 0 Å². The van der Waals surface area contributed by atoms with Crippen LogP contribution < -0.4 is 9.06 Å². The summed E-state index contributed by atoms with van der Waals surface area (Å²) in [5.41, 5.74) is 2.45. The zero-order chi connectivity index (χ0) is 19.6. The average molecular weight is 403 g/mol. The van der Waals surface area contributed by atoms with E-state index in [0.29, 0.717) is 9.06 Å². The van der Waals surface area contributed by atoms with E-state index in [1.807, 2.05) is 36.4 Å². The predicted octanol–water partition coefficient (Wildman–Crippen LogP) is 4.16. The molecular weight excluding hydrogens is 392 g/mol. The lowest BCUT2D eigenvalue weighted by atomic mass is 10.2. The molecule has 3 aromatic heterocycles. The zero-order valence-corrected chi connectivity index (χ0v) is 16.8. The highest BCUT2D eigenvalue weighted by molar-refractivity contribution is 7.13. The quantitative estimate of drug-likeness (QED) is 0.530. The van der Waals surface area contributed by atoms with Gasteiger partial charge in [0.25, 0.3) is 0 Å². The Morgan fingerprint density at radius 2 is 1.30 bits per heavy atom. The van der Waals surface area contributed by atoms with Crippen molar-refractivity contribution in [2.24, 2.45) is 0 Å². The first-order valence-corrected chi connectivity index (χ1v) is 10.1. The van der Waals surface area contributed by atoms with Crippen molar-refractivity contribution in [3.05, 3.63) is 85.4 Å². The van der Waals surface area contributed by atoms with Crippen LogP contribution in [0.25, 0.3) is 21.1 Å². The molecule has 0 unspecified atom stereocenters. The molecule has 3 aromatic rings. The van der Waals surface area contributed by atoms with E-state index in [-0.39, 0.29) is 11.4 Å². The van der Waals surface area contributed by atoms with E-state index in [9.17, 15) is 0 Å². The van der Waals surface area contributed by atoms with Crippen molar-refractivity contribution in [3.63, 3.8) is 0 Å². The molecule has 0 fully saturated rings. The standard InChI is InChI=1S/C20H10N4S3/c1-11-12(2)19(16-7-8-17(26-16)20(23-3)24-4)27-18(11)15-6-5-14(25-15)13(9-21)10-22/h5-8H,1-2H3/b18-15+,19-16+. The molecule has 0 atom stereocenters. The molecule has 0 amide bonds. The molecule has 0 bridgehead atoms. The van der Waals surface area contributed by atoms with Gasteiger partial charge in [0.15, 0.2) is 0 Å². The van der Waals surface area contributed by atoms with Crippen LogP contribution in [-0.4, -0.2) is 0 Å². The van der Waals surface area contributed by atoms with Crippen LogP contribution in [-0.2, 0) is 0 Å². The summed E-state index contributed by atoms with van der Waals surface area (Å²) >= 11 is 4.55. The fourth-order valence-electron chi connectivity index (χ4n) is 2.51. The fraction of sp³-hybridized carbons (Fsp3) is 0.100. The summed E-state index contributed by atoms with van der Waals surface area (Å²) in [6.07, 6.45) is 0. The normalized spacial score (nSPS) is 12.4. The molecule has 0 aliphatic carbocycles. The molecule has 0 aliphatic rings. The number of rotatable bonds is 0. The van der Waals surface area contributed by atoms with Crippen molar-refractivity contribution >= 4 is 45.4 Å². The monoisotopic (exact) mass is 402 g/mol. The lowest BCUT2D eigenvalue weighted by Gasteiger charge is -1.86. The van der Waals surface area contributed by atoms with Gasteiger partial charge < -0.3 is 0 Å². The van der Waals surface area contributed by atoms with Crippen LogP contribution in [0, 0.1) is 67.8 Å². The SMILES string of the molecule is [C-]#[N+]C([N+]#[C-])=c1cc/c(=c2\s/c(=c3\ccc(=C(C#N)C#N)s3)c(C)c2C)s1. The van der Waals surface area contributed by atoms with E-state index in [2.05, 4.69) is 23.5 Å². The van der Waals surface area contributed by atoms with Gasteiger partial charge in [-0.15, -0.1) is 34.0 Å². The highest BCUT2D eigenvalue weighted by atomic mass is 32.1. The summed E-state index contributed by atoms with van der Waals surface area (Å²) in [5, 5.41) is 18.1. The summed E-state index contributed by atoms with van der Waals surface area (Å²) in [6, 6.07) is 11.4. The summed E-state index contributed by atoms with van der Waals surface area (Å²) < 4.78 is 5.65. The summed E-state index contributed by atoms with van der Waals surface area (Å²) in [5.74, 6) is 0.0939.